The number of rotatable bonds is 10. The second-order valence-electron chi connectivity index (χ2n) is 7.30. The van der Waals surface area contributed by atoms with Gasteiger partial charge in [-0.3, -0.25) is 4.79 Å². The summed E-state index contributed by atoms with van der Waals surface area (Å²) in [5.41, 5.74) is 3.51. The highest BCUT2D eigenvalue weighted by Crippen LogP contribution is 2.39. The molecule has 0 aliphatic heterocycles. The smallest absolute Gasteiger partial charge is 0.251 e. The Labute approximate surface area is 197 Å². The molecule has 0 aliphatic rings. The lowest BCUT2D eigenvalue weighted by Crippen LogP contribution is -2.23. The summed E-state index contributed by atoms with van der Waals surface area (Å²) in [5.74, 6) is 1.57. The van der Waals surface area contributed by atoms with Crippen LogP contribution >= 0.6 is 0 Å². The lowest BCUT2D eigenvalue weighted by molar-refractivity contribution is 0.0950. The highest BCUT2D eigenvalue weighted by atomic mass is 16.5. The largest absolute Gasteiger partial charge is 0.490 e. The zero-order chi connectivity index (χ0) is 23.9. The van der Waals surface area contributed by atoms with Gasteiger partial charge in [-0.05, 0) is 74.9 Å². The summed E-state index contributed by atoms with van der Waals surface area (Å²) < 4.78 is 18.9. The van der Waals surface area contributed by atoms with Gasteiger partial charge in [-0.25, -0.2) is 4.98 Å². The van der Waals surface area contributed by atoms with Crippen LogP contribution in [0.25, 0.3) is 16.9 Å². The standard InChI is InChI=1S/C25H27N5O4/c1-4-32-21-14-17(15-22(33-5-2)23(21)34-6-3)16-27-25(31)18-9-11-19(12-10-18)30-24-20(28-29-30)8-7-13-26-24/h7-15H,4-6,16H2,1-3H3,(H,27,31). The second kappa shape index (κ2) is 10.7. The predicted octanol–water partition coefficient (Wildman–Crippen LogP) is 3.94. The minimum Gasteiger partial charge on any atom is -0.490 e. The van der Waals surface area contributed by atoms with E-state index in [0.29, 0.717) is 60.3 Å². The van der Waals surface area contributed by atoms with E-state index in [9.17, 15) is 4.79 Å². The molecule has 2 heterocycles. The van der Waals surface area contributed by atoms with Gasteiger partial charge in [-0.1, -0.05) is 5.21 Å². The maximum absolute atomic E-state index is 12.8. The van der Waals surface area contributed by atoms with Crippen molar-refractivity contribution in [2.45, 2.75) is 27.3 Å². The lowest BCUT2D eigenvalue weighted by Gasteiger charge is -2.17. The Bertz CT molecular complexity index is 1240. The van der Waals surface area contributed by atoms with Crippen LogP contribution in [-0.4, -0.2) is 45.7 Å². The molecule has 0 saturated heterocycles. The SMILES string of the molecule is CCOc1cc(CNC(=O)c2ccc(-n3nnc4cccnc43)cc2)cc(OCC)c1OCC. The lowest BCUT2D eigenvalue weighted by atomic mass is 10.1. The van der Waals surface area contributed by atoms with Crippen molar-refractivity contribution >= 4 is 17.1 Å². The Morgan fingerprint density at radius 3 is 2.26 bits per heavy atom. The number of aromatic nitrogens is 4. The number of fused-ring (bicyclic) bond motifs is 1. The number of nitrogens with one attached hydrogen (secondary N) is 1. The maximum Gasteiger partial charge on any atom is 0.251 e. The van der Waals surface area contributed by atoms with E-state index in [1.807, 2.05) is 57.2 Å². The summed E-state index contributed by atoms with van der Waals surface area (Å²) in [6.45, 7) is 7.51. The first-order valence-electron chi connectivity index (χ1n) is 11.2. The van der Waals surface area contributed by atoms with E-state index >= 15 is 0 Å². The molecule has 2 aromatic carbocycles. The Balaban J connectivity index is 1.49. The van der Waals surface area contributed by atoms with Gasteiger partial charge < -0.3 is 19.5 Å². The van der Waals surface area contributed by atoms with Gasteiger partial charge in [0.15, 0.2) is 17.1 Å². The van der Waals surface area contributed by atoms with Crippen LogP contribution in [0, 0.1) is 0 Å². The van der Waals surface area contributed by atoms with E-state index in [0.717, 1.165) is 11.3 Å². The van der Waals surface area contributed by atoms with Gasteiger partial charge in [0.2, 0.25) is 5.75 Å². The first kappa shape index (κ1) is 23.0. The molecular weight excluding hydrogens is 434 g/mol. The highest BCUT2D eigenvalue weighted by molar-refractivity contribution is 5.94. The molecule has 0 aliphatic carbocycles. The molecular formula is C25H27N5O4. The topological polar surface area (TPSA) is 100 Å². The van der Waals surface area contributed by atoms with Crippen molar-refractivity contribution in [2.75, 3.05) is 19.8 Å². The minimum atomic E-state index is -0.196. The molecule has 4 rings (SSSR count). The number of hydrogen-bond acceptors (Lipinski definition) is 7. The van der Waals surface area contributed by atoms with E-state index in [1.165, 1.54) is 0 Å². The number of carbonyl (C=O) groups excluding carboxylic acids is 1. The normalized spacial score (nSPS) is 10.8. The number of carbonyl (C=O) groups is 1. The first-order chi connectivity index (χ1) is 16.6. The van der Waals surface area contributed by atoms with E-state index in [4.69, 9.17) is 14.2 Å². The van der Waals surface area contributed by atoms with Gasteiger partial charge in [0, 0.05) is 18.3 Å². The third-order valence-corrected chi connectivity index (χ3v) is 5.00. The van der Waals surface area contributed by atoms with Crippen LogP contribution in [0.1, 0.15) is 36.7 Å². The van der Waals surface area contributed by atoms with Gasteiger partial charge in [0.25, 0.3) is 5.91 Å². The molecule has 0 atom stereocenters. The Morgan fingerprint density at radius 2 is 1.62 bits per heavy atom. The van der Waals surface area contributed by atoms with Crippen LogP contribution in [-0.2, 0) is 6.54 Å². The van der Waals surface area contributed by atoms with Crippen molar-refractivity contribution in [2.24, 2.45) is 0 Å². The maximum atomic E-state index is 12.8. The molecule has 1 N–H and O–H groups in total. The predicted molar refractivity (Wildman–Crippen MR) is 128 cm³/mol. The van der Waals surface area contributed by atoms with Gasteiger partial charge in [-0.15, -0.1) is 5.10 Å². The summed E-state index contributed by atoms with van der Waals surface area (Å²) in [4.78, 5) is 17.1. The van der Waals surface area contributed by atoms with Crippen LogP contribution in [0.15, 0.2) is 54.7 Å². The third kappa shape index (κ3) is 4.93. The number of amides is 1. The number of hydrogen-bond donors (Lipinski definition) is 1. The number of benzene rings is 2. The Morgan fingerprint density at radius 1 is 0.941 bits per heavy atom. The van der Waals surface area contributed by atoms with Crippen molar-refractivity contribution in [3.8, 4) is 22.9 Å². The summed E-state index contributed by atoms with van der Waals surface area (Å²) in [6.07, 6.45) is 1.69. The fourth-order valence-electron chi connectivity index (χ4n) is 3.52. The Kier molecular flexibility index (Phi) is 7.22. The van der Waals surface area contributed by atoms with Crippen LogP contribution in [0.2, 0.25) is 0 Å². The van der Waals surface area contributed by atoms with Crippen LogP contribution in [0.5, 0.6) is 17.2 Å². The number of nitrogens with zero attached hydrogens (tertiary/aromatic N) is 4. The molecule has 4 aromatic rings. The minimum absolute atomic E-state index is 0.196. The average molecular weight is 462 g/mol. The zero-order valence-electron chi connectivity index (χ0n) is 19.4. The van der Waals surface area contributed by atoms with E-state index in [1.54, 1.807) is 23.0 Å². The van der Waals surface area contributed by atoms with Crippen LogP contribution < -0.4 is 19.5 Å². The van der Waals surface area contributed by atoms with Crippen LogP contribution in [0.3, 0.4) is 0 Å². The fraction of sp³-hybridized carbons (Fsp3) is 0.280. The van der Waals surface area contributed by atoms with E-state index in [2.05, 4.69) is 20.6 Å². The quantitative estimate of drug-likeness (QED) is 0.382. The zero-order valence-corrected chi connectivity index (χ0v) is 19.4. The molecule has 0 spiro atoms. The molecule has 0 saturated carbocycles. The third-order valence-electron chi connectivity index (χ3n) is 5.00. The van der Waals surface area contributed by atoms with Crippen molar-refractivity contribution in [3.63, 3.8) is 0 Å². The molecule has 0 radical (unpaired) electrons. The molecule has 34 heavy (non-hydrogen) atoms. The molecule has 9 heteroatoms. The molecule has 0 fully saturated rings. The van der Waals surface area contributed by atoms with Crippen molar-refractivity contribution < 1.29 is 19.0 Å². The van der Waals surface area contributed by atoms with Crippen molar-refractivity contribution in [1.82, 2.24) is 25.3 Å². The van der Waals surface area contributed by atoms with Gasteiger partial charge in [0.1, 0.15) is 5.52 Å². The van der Waals surface area contributed by atoms with Gasteiger partial charge >= 0.3 is 0 Å². The average Bonchev–Trinajstić information content (AvgIpc) is 3.29. The number of ether oxygens (including phenoxy) is 3. The fourth-order valence-corrected chi connectivity index (χ4v) is 3.52. The molecule has 176 valence electrons. The van der Waals surface area contributed by atoms with E-state index < -0.39 is 0 Å². The summed E-state index contributed by atoms with van der Waals surface area (Å²) in [6, 6.07) is 14.5. The summed E-state index contributed by atoms with van der Waals surface area (Å²) >= 11 is 0. The van der Waals surface area contributed by atoms with Gasteiger partial charge in [-0.2, -0.15) is 4.68 Å². The van der Waals surface area contributed by atoms with Crippen LogP contribution in [0.4, 0.5) is 0 Å². The van der Waals surface area contributed by atoms with E-state index in [-0.39, 0.29) is 5.91 Å². The molecule has 9 nitrogen and oxygen atoms in total. The highest BCUT2D eigenvalue weighted by Gasteiger charge is 2.16. The monoisotopic (exact) mass is 461 g/mol. The first-order valence-corrected chi connectivity index (χ1v) is 11.2. The molecule has 2 aromatic heterocycles. The Hall–Kier alpha value is -4.14. The molecule has 0 unspecified atom stereocenters. The molecule has 0 bridgehead atoms. The van der Waals surface area contributed by atoms with Crippen molar-refractivity contribution in [1.29, 1.82) is 0 Å². The second-order valence-corrected chi connectivity index (χ2v) is 7.30. The van der Waals surface area contributed by atoms with Gasteiger partial charge in [0.05, 0.1) is 25.5 Å². The molecule has 1 amide bonds. The van der Waals surface area contributed by atoms with Crippen molar-refractivity contribution in [3.05, 3.63) is 65.9 Å². The summed E-state index contributed by atoms with van der Waals surface area (Å²) in [5, 5.41) is 11.2. The summed E-state index contributed by atoms with van der Waals surface area (Å²) in [7, 11) is 0. The number of pyridine rings is 1.